The highest BCUT2D eigenvalue weighted by molar-refractivity contribution is 6.25. The number of aromatic nitrogens is 3. The minimum absolute atomic E-state index is 1.14. The minimum Gasteiger partial charge on any atom is -0.309 e. The minimum atomic E-state index is 1.14. The quantitative estimate of drug-likeness (QED) is 0.186. The van der Waals surface area contributed by atoms with E-state index in [-0.39, 0.29) is 0 Å². The highest BCUT2D eigenvalue weighted by Gasteiger charge is 2.21. The molecule has 0 saturated carbocycles. The van der Waals surface area contributed by atoms with Gasteiger partial charge in [0.15, 0.2) is 0 Å². The zero-order valence-electron chi connectivity index (χ0n) is 26.6. The molecule has 0 atom stereocenters. The highest BCUT2D eigenvalue weighted by Crippen LogP contribution is 2.42. The van der Waals surface area contributed by atoms with Gasteiger partial charge in [-0.15, -0.1) is 0 Å². The fourth-order valence-corrected chi connectivity index (χ4v) is 8.34. The van der Waals surface area contributed by atoms with Gasteiger partial charge < -0.3 is 13.7 Å². The van der Waals surface area contributed by atoms with Gasteiger partial charge in [-0.2, -0.15) is 0 Å². The lowest BCUT2D eigenvalue weighted by molar-refractivity contribution is 1.15. The van der Waals surface area contributed by atoms with Crippen molar-refractivity contribution < 1.29 is 0 Å². The first-order chi connectivity index (χ1) is 24.3. The second-order valence-corrected chi connectivity index (χ2v) is 13.0. The van der Waals surface area contributed by atoms with Crippen molar-refractivity contribution in [2.75, 3.05) is 0 Å². The Balaban J connectivity index is 1.29. The second kappa shape index (κ2) is 9.96. The number of nitrogens with zero attached hydrogens (tertiary/aromatic N) is 3. The molecule has 0 aliphatic carbocycles. The van der Waals surface area contributed by atoms with Gasteiger partial charge in [0, 0.05) is 49.4 Å². The molecule has 3 heteroatoms. The van der Waals surface area contributed by atoms with Crippen LogP contribution in [-0.2, 0) is 0 Å². The molecule has 0 bridgehead atoms. The van der Waals surface area contributed by atoms with Gasteiger partial charge in [0.2, 0.25) is 0 Å². The summed E-state index contributed by atoms with van der Waals surface area (Å²) in [6.45, 7) is 0. The van der Waals surface area contributed by atoms with Crippen LogP contribution in [-0.4, -0.2) is 13.7 Å². The van der Waals surface area contributed by atoms with Gasteiger partial charge in [-0.3, -0.25) is 0 Å². The Hall–Kier alpha value is -6.58. The molecular weight excluding hydrogens is 595 g/mol. The molecule has 0 aliphatic heterocycles. The van der Waals surface area contributed by atoms with Gasteiger partial charge in [0.05, 0.1) is 33.1 Å². The normalized spacial score (nSPS) is 12.1. The fraction of sp³-hybridized carbons (Fsp3) is 0. The van der Waals surface area contributed by atoms with Gasteiger partial charge in [0.1, 0.15) is 0 Å². The van der Waals surface area contributed by atoms with Gasteiger partial charge in [0.25, 0.3) is 0 Å². The fourth-order valence-electron chi connectivity index (χ4n) is 8.34. The average Bonchev–Trinajstić information content (AvgIpc) is 3.79. The molecule has 228 valence electrons. The average molecular weight is 624 g/mol. The van der Waals surface area contributed by atoms with E-state index >= 15 is 0 Å². The maximum atomic E-state index is 2.46. The summed E-state index contributed by atoms with van der Waals surface area (Å²) < 4.78 is 7.30. The third-order valence-electron chi connectivity index (χ3n) is 10.4. The van der Waals surface area contributed by atoms with Crippen LogP contribution in [0.2, 0.25) is 0 Å². The van der Waals surface area contributed by atoms with Gasteiger partial charge in [-0.05, 0) is 77.5 Å². The van der Waals surface area contributed by atoms with Crippen molar-refractivity contribution in [2.45, 2.75) is 0 Å². The predicted molar refractivity (Wildman–Crippen MR) is 207 cm³/mol. The molecule has 8 aromatic carbocycles. The topological polar surface area (TPSA) is 14.8 Å². The van der Waals surface area contributed by atoms with Crippen LogP contribution in [0.5, 0.6) is 0 Å². The first-order valence-corrected chi connectivity index (χ1v) is 16.9. The Morgan fingerprint density at radius 2 is 0.755 bits per heavy atom. The Bertz CT molecular complexity index is 3090. The first kappa shape index (κ1) is 26.5. The lowest BCUT2D eigenvalue weighted by Crippen LogP contribution is -1.97. The molecule has 0 N–H and O–H groups in total. The largest absolute Gasteiger partial charge is 0.309 e. The smallest absolute Gasteiger partial charge is 0.0562 e. The van der Waals surface area contributed by atoms with Crippen molar-refractivity contribution >= 4 is 76.2 Å². The van der Waals surface area contributed by atoms with E-state index < -0.39 is 0 Å². The van der Waals surface area contributed by atoms with Crippen molar-refractivity contribution in [3.8, 4) is 17.1 Å². The summed E-state index contributed by atoms with van der Waals surface area (Å²) in [5.74, 6) is 0. The molecular formula is C46H29N3. The summed E-state index contributed by atoms with van der Waals surface area (Å²) in [4.78, 5) is 0. The van der Waals surface area contributed by atoms with E-state index in [9.17, 15) is 0 Å². The Labute approximate surface area is 282 Å². The second-order valence-electron chi connectivity index (χ2n) is 13.0. The summed E-state index contributed by atoms with van der Waals surface area (Å²) >= 11 is 0. The Morgan fingerprint density at radius 3 is 1.47 bits per heavy atom. The number of fused-ring (bicyclic) bond motifs is 11. The van der Waals surface area contributed by atoms with E-state index in [1.54, 1.807) is 0 Å². The van der Waals surface area contributed by atoms with Crippen LogP contribution in [0.4, 0.5) is 0 Å². The number of hydrogen-bond acceptors (Lipinski definition) is 0. The zero-order chi connectivity index (χ0) is 32.1. The molecule has 11 rings (SSSR count). The van der Waals surface area contributed by atoms with Crippen LogP contribution in [0.15, 0.2) is 176 Å². The predicted octanol–water partition coefficient (Wildman–Crippen LogP) is 12.1. The van der Waals surface area contributed by atoms with Crippen molar-refractivity contribution in [1.29, 1.82) is 0 Å². The first-order valence-electron chi connectivity index (χ1n) is 16.9. The Kier molecular flexibility index (Phi) is 5.38. The number of benzene rings is 8. The van der Waals surface area contributed by atoms with E-state index in [4.69, 9.17) is 0 Å². The summed E-state index contributed by atoms with van der Waals surface area (Å²) in [6.07, 6.45) is 0. The van der Waals surface area contributed by atoms with E-state index in [1.165, 1.54) is 76.2 Å². The van der Waals surface area contributed by atoms with Crippen LogP contribution in [0.25, 0.3) is 93.3 Å². The lowest BCUT2D eigenvalue weighted by atomic mass is 10.0. The molecule has 0 unspecified atom stereocenters. The van der Waals surface area contributed by atoms with Gasteiger partial charge in [-0.1, -0.05) is 109 Å². The summed E-state index contributed by atoms with van der Waals surface area (Å²) in [5, 5.41) is 10.1. The molecule has 0 radical (unpaired) electrons. The lowest BCUT2D eigenvalue weighted by Gasteiger charge is -2.12. The number of hydrogen-bond donors (Lipinski definition) is 0. The SMILES string of the molecule is c1ccc(-n2c3ccccc3c3ccc(-n4c5ccccc5c5cc6c7c8ccccc8ccc7n(-c7ccccc7)c6cc54)cc32)cc1. The van der Waals surface area contributed by atoms with Crippen molar-refractivity contribution in [2.24, 2.45) is 0 Å². The zero-order valence-corrected chi connectivity index (χ0v) is 26.6. The monoisotopic (exact) mass is 623 g/mol. The van der Waals surface area contributed by atoms with Crippen LogP contribution in [0.1, 0.15) is 0 Å². The third kappa shape index (κ3) is 3.67. The molecule has 49 heavy (non-hydrogen) atoms. The van der Waals surface area contributed by atoms with E-state index in [2.05, 4.69) is 190 Å². The van der Waals surface area contributed by atoms with Crippen LogP contribution in [0, 0.1) is 0 Å². The highest BCUT2D eigenvalue weighted by atomic mass is 15.0. The van der Waals surface area contributed by atoms with Crippen LogP contribution >= 0.6 is 0 Å². The van der Waals surface area contributed by atoms with Gasteiger partial charge >= 0.3 is 0 Å². The third-order valence-corrected chi connectivity index (χ3v) is 10.4. The summed E-state index contributed by atoms with van der Waals surface area (Å²) in [5.41, 5.74) is 10.7. The van der Waals surface area contributed by atoms with Crippen LogP contribution in [0.3, 0.4) is 0 Å². The van der Waals surface area contributed by atoms with E-state index in [0.717, 1.165) is 17.1 Å². The summed E-state index contributed by atoms with van der Waals surface area (Å²) in [6, 6.07) is 64.2. The van der Waals surface area contributed by atoms with Crippen molar-refractivity contribution in [3.05, 3.63) is 176 Å². The number of para-hydroxylation sites is 4. The van der Waals surface area contributed by atoms with Gasteiger partial charge in [-0.25, -0.2) is 0 Å². The van der Waals surface area contributed by atoms with Crippen LogP contribution < -0.4 is 0 Å². The van der Waals surface area contributed by atoms with Crippen molar-refractivity contribution in [1.82, 2.24) is 13.7 Å². The molecule has 0 amide bonds. The molecule has 0 fully saturated rings. The van der Waals surface area contributed by atoms with Crippen molar-refractivity contribution in [3.63, 3.8) is 0 Å². The molecule has 0 spiro atoms. The molecule has 0 aliphatic rings. The maximum absolute atomic E-state index is 2.46. The maximum Gasteiger partial charge on any atom is 0.0562 e. The molecule has 11 aromatic rings. The van der Waals surface area contributed by atoms with E-state index in [1.807, 2.05) is 0 Å². The summed E-state index contributed by atoms with van der Waals surface area (Å²) in [7, 11) is 0. The Morgan fingerprint density at radius 1 is 0.245 bits per heavy atom. The molecule has 3 aromatic heterocycles. The van der Waals surface area contributed by atoms with E-state index in [0.29, 0.717) is 0 Å². The molecule has 3 heterocycles. The molecule has 3 nitrogen and oxygen atoms in total. The number of rotatable bonds is 3. The standard InChI is InChI=1S/C46H29N3/c1-3-14-31(15-4-1)47-40-21-11-9-19-35(40)37-25-24-33(27-43(37)47)49-41-22-12-10-20-36(41)38-28-39-45(29-44(38)49)48(32-16-5-2-6-17-32)42-26-23-30-13-7-8-18-34(30)46(39)42/h1-29H. The molecule has 0 saturated heterocycles.